The number of carbonyl (C=O) groups is 1. The van der Waals surface area contributed by atoms with Crippen molar-refractivity contribution in [2.75, 3.05) is 0 Å². The highest BCUT2D eigenvalue weighted by Gasteiger charge is 2.18. The molecule has 54 valence electrons. The van der Waals surface area contributed by atoms with Crippen molar-refractivity contribution >= 4 is 30.5 Å². The van der Waals surface area contributed by atoms with Gasteiger partial charge in [-0.05, 0) is 0 Å². The van der Waals surface area contributed by atoms with E-state index in [1.807, 2.05) is 0 Å². The summed E-state index contributed by atoms with van der Waals surface area (Å²) in [4.78, 5) is 25.5. The zero-order valence-corrected chi connectivity index (χ0v) is 5.51. The minimum atomic E-state index is -0.509. The molecule has 0 spiro atoms. The van der Waals surface area contributed by atoms with Gasteiger partial charge < -0.3 is 0 Å². The van der Waals surface area contributed by atoms with Crippen LogP contribution in [0.1, 0.15) is 0 Å². The second kappa shape index (κ2) is 2.19. The highest BCUT2D eigenvalue weighted by atomic mass is 16.2. The van der Waals surface area contributed by atoms with Gasteiger partial charge in [-0.15, -0.1) is 0 Å². The number of amides is 2. The highest BCUT2D eigenvalue weighted by Crippen LogP contribution is 2.03. The first-order valence-corrected chi connectivity index (χ1v) is 3.09. The van der Waals surface area contributed by atoms with Crippen LogP contribution in [-0.2, 0) is 0 Å². The van der Waals surface area contributed by atoms with Gasteiger partial charge in [-0.25, -0.2) is 14.8 Å². The molecule has 1 unspecified atom stereocenters. The SMILES string of the molecule is O=C1N=CC2N=CC=NC2=N1. The molecular formula is C6H4N4O. The summed E-state index contributed by atoms with van der Waals surface area (Å²) in [7, 11) is 0. The molecular weight excluding hydrogens is 144 g/mol. The largest absolute Gasteiger partial charge is 0.368 e. The van der Waals surface area contributed by atoms with Crippen molar-refractivity contribution in [1.29, 1.82) is 0 Å². The second-order valence-electron chi connectivity index (χ2n) is 2.05. The molecule has 0 saturated heterocycles. The molecule has 2 rings (SSSR count). The van der Waals surface area contributed by atoms with Crippen molar-refractivity contribution in [3.8, 4) is 0 Å². The van der Waals surface area contributed by atoms with Crippen LogP contribution in [0.4, 0.5) is 4.79 Å². The number of fused-ring (bicyclic) bond motifs is 1. The highest BCUT2D eigenvalue weighted by molar-refractivity contribution is 6.26. The Hall–Kier alpha value is -1.65. The van der Waals surface area contributed by atoms with Crippen LogP contribution in [0.15, 0.2) is 20.0 Å². The first-order valence-electron chi connectivity index (χ1n) is 3.09. The summed E-state index contributed by atoms with van der Waals surface area (Å²) >= 11 is 0. The molecule has 2 heterocycles. The van der Waals surface area contributed by atoms with E-state index in [0.29, 0.717) is 5.84 Å². The Morgan fingerprint density at radius 1 is 1.27 bits per heavy atom. The van der Waals surface area contributed by atoms with E-state index in [1.165, 1.54) is 12.4 Å². The fraction of sp³-hybridized carbons (Fsp3) is 0.167. The Balaban J connectivity index is 2.39. The molecule has 2 aliphatic heterocycles. The van der Waals surface area contributed by atoms with E-state index in [-0.39, 0.29) is 6.04 Å². The Morgan fingerprint density at radius 3 is 3.09 bits per heavy atom. The third kappa shape index (κ3) is 1.000. The minimum absolute atomic E-state index is 0.252. The Labute approximate surface area is 62.3 Å². The van der Waals surface area contributed by atoms with Gasteiger partial charge in [0, 0.05) is 18.6 Å². The molecule has 0 aromatic carbocycles. The van der Waals surface area contributed by atoms with Crippen LogP contribution in [0, 0.1) is 0 Å². The fourth-order valence-corrected chi connectivity index (χ4v) is 0.845. The summed E-state index contributed by atoms with van der Waals surface area (Å²) in [5.74, 6) is 0.424. The summed E-state index contributed by atoms with van der Waals surface area (Å²) < 4.78 is 0. The van der Waals surface area contributed by atoms with Gasteiger partial charge in [-0.2, -0.15) is 4.99 Å². The second-order valence-corrected chi connectivity index (χ2v) is 2.05. The molecule has 0 N–H and O–H groups in total. The maximum atomic E-state index is 10.6. The monoisotopic (exact) mass is 148 g/mol. The van der Waals surface area contributed by atoms with E-state index in [1.54, 1.807) is 6.21 Å². The van der Waals surface area contributed by atoms with E-state index in [2.05, 4.69) is 20.0 Å². The van der Waals surface area contributed by atoms with Crippen LogP contribution in [0.2, 0.25) is 0 Å². The topological polar surface area (TPSA) is 66.5 Å². The molecule has 0 saturated carbocycles. The molecule has 11 heavy (non-hydrogen) atoms. The number of rotatable bonds is 0. The zero-order valence-electron chi connectivity index (χ0n) is 5.51. The maximum Gasteiger partial charge on any atom is 0.368 e. The van der Waals surface area contributed by atoms with Crippen LogP contribution in [-0.4, -0.2) is 36.6 Å². The van der Waals surface area contributed by atoms with E-state index in [4.69, 9.17) is 0 Å². The van der Waals surface area contributed by atoms with Gasteiger partial charge in [0.25, 0.3) is 0 Å². The number of hydrogen-bond acceptors (Lipinski definition) is 3. The van der Waals surface area contributed by atoms with Gasteiger partial charge in [0.1, 0.15) is 6.04 Å². The van der Waals surface area contributed by atoms with Crippen LogP contribution < -0.4 is 0 Å². The Morgan fingerprint density at radius 2 is 2.18 bits per heavy atom. The molecule has 5 nitrogen and oxygen atoms in total. The van der Waals surface area contributed by atoms with Gasteiger partial charge in [-0.1, -0.05) is 0 Å². The van der Waals surface area contributed by atoms with Gasteiger partial charge >= 0.3 is 6.03 Å². The average Bonchev–Trinajstić information content (AvgIpc) is 2.04. The van der Waals surface area contributed by atoms with Crippen molar-refractivity contribution in [3.05, 3.63) is 0 Å². The van der Waals surface area contributed by atoms with Crippen LogP contribution in [0.5, 0.6) is 0 Å². The lowest BCUT2D eigenvalue weighted by molar-refractivity contribution is 0.257. The molecule has 5 heteroatoms. The third-order valence-corrected chi connectivity index (χ3v) is 1.32. The molecule has 0 bridgehead atoms. The lowest BCUT2D eigenvalue weighted by atomic mass is 10.2. The summed E-state index contributed by atoms with van der Waals surface area (Å²) in [5.41, 5.74) is 0. The summed E-state index contributed by atoms with van der Waals surface area (Å²) in [6.45, 7) is 0. The van der Waals surface area contributed by atoms with E-state index < -0.39 is 6.03 Å². The Kier molecular flexibility index (Phi) is 1.21. The minimum Gasteiger partial charge on any atom is -0.274 e. The predicted molar refractivity (Wildman–Crippen MR) is 42.1 cm³/mol. The zero-order chi connectivity index (χ0) is 7.68. The van der Waals surface area contributed by atoms with Crippen molar-refractivity contribution < 1.29 is 4.79 Å². The lowest BCUT2D eigenvalue weighted by Crippen LogP contribution is -2.26. The maximum absolute atomic E-state index is 10.6. The predicted octanol–water partition coefficient (Wildman–Crippen LogP) is 0.113. The lowest BCUT2D eigenvalue weighted by Gasteiger charge is -2.10. The molecule has 0 aromatic rings. The molecule has 0 aromatic heterocycles. The molecule has 0 radical (unpaired) electrons. The van der Waals surface area contributed by atoms with Gasteiger partial charge in [0.2, 0.25) is 0 Å². The first-order chi connectivity index (χ1) is 5.36. The molecule has 2 aliphatic rings. The molecule has 1 atom stereocenters. The Bertz CT molecular complexity index is 313. The quantitative estimate of drug-likeness (QED) is 0.480. The van der Waals surface area contributed by atoms with Gasteiger partial charge in [-0.3, -0.25) is 4.99 Å². The number of nitrogens with zero attached hydrogens (tertiary/aromatic N) is 4. The molecule has 0 fully saturated rings. The smallest absolute Gasteiger partial charge is 0.274 e. The summed E-state index contributed by atoms with van der Waals surface area (Å²) in [6.07, 6.45) is 4.50. The first kappa shape index (κ1) is 6.09. The fourth-order valence-electron chi connectivity index (χ4n) is 0.845. The van der Waals surface area contributed by atoms with Crippen LogP contribution in [0.3, 0.4) is 0 Å². The summed E-state index contributed by atoms with van der Waals surface area (Å²) in [6, 6.07) is -0.761. The number of amidine groups is 1. The van der Waals surface area contributed by atoms with Crippen LogP contribution in [0.25, 0.3) is 0 Å². The number of aliphatic imine (C=N–C) groups is 4. The normalized spacial score (nSPS) is 26.7. The van der Waals surface area contributed by atoms with Crippen molar-refractivity contribution in [1.82, 2.24) is 0 Å². The van der Waals surface area contributed by atoms with Gasteiger partial charge in [0.05, 0.1) is 0 Å². The number of urea groups is 1. The summed E-state index contributed by atoms with van der Waals surface area (Å²) in [5, 5.41) is 0. The third-order valence-electron chi connectivity index (χ3n) is 1.32. The molecule has 2 amide bonds. The van der Waals surface area contributed by atoms with E-state index in [0.717, 1.165) is 0 Å². The van der Waals surface area contributed by atoms with Crippen LogP contribution >= 0.6 is 0 Å². The average molecular weight is 148 g/mol. The van der Waals surface area contributed by atoms with Gasteiger partial charge in [0.15, 0.2) is 5.84 Å². The number of carbonyl (C=O) groups excluding carboxylic acids is 1. The van der Waals surface area contributed by atoms with Crippen molar-refractivity contribution in [3.63, 3.8) is 0 Å². The van der Waals surface area contributed by atoms with Crippen molar-refractivity contribution in [2.45, 2.75) is 6.04 Å². The number of hydrogen-bond donors (Lipinski definition) is 0. The van der Waals surface area contributed by atoms with Crippen molar-refractivity contribution in [2.24, 2.45) is 20.0 Å². The standard InChI is InChI=1S/C6H4N4O/c11-6-9-3-4-5(10-6)8-2-1-7-4/h1-4H. The van der Waals surface area contributed by atoms with E-state index >= 15 is 0 Å². The van der Waals surface area contributed by atoms with E-state index in [9.17, 15) is 4.79 Å². The molecule has 0 aliphatic carbocycles.